The Morgan fingerprint density at radius 1 is 1.47 bits per heavy atom. The number of aromatic nitrogens is 1. The molecule has 2 heterocycles. The quantitative estimate of drug-likeness (QED) is 0.898. The summed E-state index contributed by atoms with van der Waals surface area (Å²) in [6.07, 6.45) is 3.44. The van der Waals surface area contributed by atoms with E-state index >= 15 is 0 Å². The lowest BCUT2D eigenvalue weighted by atomic mass is 10.1. The van der Waals surface area contributed by atoms with Crippen LogP contribution in [0, 0.1) is 0 Å². The van der Waals surface area contributed by atoms with Crippen molar-refractivity contribution in [2.75, 3.05) is 33.0 Å². The fraction of sp³-hybridized carbons (Fsp3) is 0.583. The average molecular weight is 284 g/mol. The molecule has 1 fully saturated rings. The predicted octanol–water partition coefficient (Wildman–Crippen LogP) is 1.07. The van der Waals surface area contributed by atoms with E-state index in [1.165, 1.54) is 4.31 Å². The minimum atomic E-state index is -3.37. The lowest BCUT2D eigenvalue weighted by molar-refractivity contribution is 0.362. The van der Waals surface area contributed by atoms with E-state index in [0.717, 1.165) is 24.2 Å². The number of anilines is 1. The lowest BCUT2D eigenvalue weighted by Gasteiger charge is -2.27. The Labute approximate surface area is 114 Å². The van der Waals surface area contributed by atoms with Gasteiger partial charge in [0.25, 0.3) is 10.2 Å². The summed E-state index contributed by atoms with van der Waals surface area (Å²) < 4.78 is 27.4. The molecule has 0 amide bonds. The fourth-order valence-electron chi connectivity index (χ4n) is 2.35. The van der Waals surface area contributed by atoms with Gasteiger partial charge in [0.2, 0.25) is 0 Å². The van der Waals surface area contributed by atoms with Crippen LogP contribution in [-0.2, 0) is 10.2 Å². The molecule has 2 rings (SSSR count). The Morgan fingerprint density at radius 3 is 2.84 bits per heavy atom. The van der Waals surface area contributed by atoms with Gasteiger partial charge in [0.1, 0.15) is 5.82 Å². The predicted molar refractivity (Wildman–Crippen MR) is 75.1 cm³/mol. The smallest absolute Gasteiger partial charge is 0.282 e. The highest BCUT2D eigenvalue weighted by atomic mass is 32.2. The zero-order valence-electron chi connectivity index (χ0n) is 11.5. The van der Waals surface area contributed by atoms with Gasteiger partial charge in [-0.3, -0.25) is 0 Å². The van der Waals surface area contributed by atoms with Crippen LogP contribution >= 0.6 is 0 Å². The molecule has 1 N–H and O–H groups in total. The van der Waals surface area contributed by atoms with E-state index in [1.54, 1.807) is 31.6 Å². The molecule has 0 saturated carbocycles. The van der Waals surface area contributed by atoms with Gasteiger partial charge in [-0.05, 0) is 30.5 Å². The van der Waals surface area contributed by atoms with Crippen molar-refractivity contribution in [3.05, 3.63) is 23.9 Å². The summed E-state index contributed by atoms with van der Waals surface area (Å²) in [5.74, 6) is 0.756. The maximum Gasteiger partial charge on any atom is 0.282 e. The molecule has 0 spiro atoms. The number of nitrogens with zero attached hydrogens (tertiary/aromatic N) is 3. The van der Waals surface area contributed by atoms with E-state index in [2.05, 4.69) is 10.3 Å². The van der Waals surface area contributed by atoms with Crippen LogP contribution in [0.1, 0.15) is 24.4 Å². The summed E-state index contributed by atoms with van der Waals surface area (Å²) in [7, 11) is 1.56. The molecular weight excluding hydrogens is 264 g/mol. The molecule has 0 bridgehead atoms. The van der Waals surface area contributed by atoms with Gasteiger partial charge >= 0.3 is 0 Å². The zero-order valence-corrected chi connectivity index (χ0v) is 12.3. The van der Waals surface area contributed by atoms with Crippen molar-refractivity contribution in [3.63, 3.8) is 0 Å². The van der Waals surface area contributed by atoms with Crippen LogP contribution in [0.15, 0.2) is 18.3 Å². The number of hydrogen-bond acceptors (Lipinski definition) is 4. The van der Waals surface area contributed by atoms with Gasteiger partial charge in [0, 0.05) is 33.9 Å². The van der Waals surface area contributed by atoms with Gasteiger partial charge in [0.15, 0.2) is 0 Å². The second-order valence-electron chi connectivity index (χ2n) is 4.78. The number of nitrogens with one attached hydrogen (secondary N) is 1. The van der Waals surface area contributed by atoms with Crippen LogP contribution in [0.5, 0.6) is 0 Å². The molecule has 0 unspecified atom stereocenters. The molecule has 0 aliphatic carbocycles. The van der Waals surface area contributed by atoms with Crippen LogP contribution in [0.25, 0.3) is 0 Å². The van der Waals surface area contributed by atoms with Crippen LogP contribution in [0.3, 0.4) is 0 Å². The van der Waals surface area contributed by atoms with E-state index in [1.807, 2.05) is 12.1 Å². The van der Waals surface area contributed by atoms with Gasteiger partial charge < -0.3 is 5.32 Å². The number of rotatable bonds is 4. The Morgan fingerprint density at radius 2 is 2.21 bits per heavy atom. The van der Waals surface area contributed by atoms with E-state index in [0.29, 0.717) is 6.54 Å². The van der Waals surface area contributed by atoms with Gasteiger partial charge in [0.05, 0.1) is 6.04 Å². The molecule has 1 aromatic rings. The summed E-state index contributed by atoms with van der Waals surface area (Å²) in [5, 5.41) is 2.98. The van der Waals surface area contributed by atoms with Gasteiger partial charge in [-0.1, -0.05) is 0 Å². The minimum Gasteiger partial charge on any atom is -0.373 e. The third-order valence-corrected chi connectivity index (χ3v) is 5.34. The zero-order chi connectivity index (χ0) is 14.0. The first kappa shape index (κ1) is 14.2. The molecule has 1 aliphatic heterocycles. The van der Waals surface area contributed by atoms with Crippen molar-refractivity contribution in [1.29, 1.82) is 0 Å². The molecule has 1 saturated heterocycles. The molecular formula is C12H20N4O2S. The molecule has 0 radical (unpaired) electrons. The van der Waals surface area contributed by atoms with Crippen LogP contribution in [0.4, 0.5) is 5.82 Å². The second-order valence-corrected chi connectivity index (χ2v) is 6.88. The molecule has 1 aromatic heterocycles. The van der Waals surface area contributed by atoms with Crippen molar-refractivity contribution < 1.29 is 8.42 Å². The first-order chi connectivity index (χ1) is 8.96. The van der Waals surface area contributed by atoms with E-state index in [4.69, 9.17) is 0 Å². The van der Waals surface area contributed by atoms with Gasteiger partial charge in [-0.15, -0.1) is 0 Å². The van der Waals surface area contributed by atoms with E-state index in [9.17, 15) is 8.42 Å². The third-order valence-electron chi connectivity index (χ3n) is 3.39. The standard InChI is InChI=1S/C12H20N4O2S/c1-13-12-9-10(6-7-14-12)11-5-4-8-16(11)19(17,18)15(2)3/h6-7,9,11H,4-5,8H2,1-3H3,(H,13,14)/t11-/m0/s1. The van der Waals surface area contributed by atoms with Crippen LogP contribution in [0.2, 0.25) is 0 Å². The molecule has 19 heavy (non-hydrogen) atoms. The van der Waals surface area contributed by atoms with Gasteiger partial charge in [-0.25, -0.2) is 4.98 Å². The van der Waals surface area contributed by atoms with Crippen molar-refractivity contribution in [2.45, 2.75) is 18.9 Å². The summed E-state index contributed by atoms with van der Waals surface area (Å²) in [6.45, 7) is 0.572. The molecule has 106 valence electrons. The maximum atomic E-state index is 12.3. The summed E-state index contributed by atoms with van der Waals surface area (Å²) in [4.78, 5) is 4.16. The average Bonchev–Trinajstić information content (AvgIpc) is 2.88. The fourth-order valence-corrected chi connectivity index (χ4v) is 3.68. The number of pyridine rings is 1. The van der Waals surface area contributed by atoms with Crippen molar-refractivity contribution in [2.24, 2.45) is 0 Å². The lowest BCUT2D eigenvalue weighted by Crippen LogP contribution is -2.39. The van der Waals surface area contributed by atoms with Crippen LogP contribution in [-0.4, -0.2) is 49.7 Å². The Hall–Kier alpha value is -1.18. The monoisotopic (exact) mass is 284 g/mol. The van der Waals surface area contributed by atoms with E-state index < -0.39 is 10.2 Å². The normalized spacial score (nSPS) is 20.9. The Bertz CT molecular complexity index is 544. The van der Waals surface area contributed by atoms with Gasteiger partial charge in [-0.2, -0.15) is 17.0 Å². The maximum absolute atomic E-state index is 12.3. The van der Waals surface area contributed by atoms with Crippen molar-refractivity contribution in [1.82, 2.24) is 13.6 Å². The highest BCUT2D eigenvalue weighted by molar-refractivity contribution is 7.86. The molecule has 1 aliphatic rings. The molecule has 0 aromatic carbocycles. The third kappa shape index (κ3) is 2.72. The Kier molecular flexibility index (Phi) is 4.07. The first-order valence-corrected chi connectivity index (χ1v) is 7.69. The summed E-state index contributed by atoms with van der Waals surface area (Å²) in [6, 6.07) is 3.70. The highest BCUT2D eigenvalue weighted by Crippen LogP contribution is 2.35. The summed E-state index contributed by atoms with van der Waals surface area (Å²) >= 11 is 0. The van der Waals surface area contributed by atoms with Crippen molar-refractivity contribution >= 4 is 16.0 Å². The highest BCUT2D eigenvalue weighted by Gasteiger charge is 2.36. The molecule has 7 heteroatoms. The molecule has 6 nitrogen and oxygen atoms in total. The van der Waals surface area contributed by atoms with Crippen LogP contribution < -0.4 is 5.32 Å². The van der Waals surface area contributed by atoms with Crippen molar-refractivity contribution in [3.8, 4) is 0 Å². The molecule has 1 atom stereocenters. The topological polar surface area (TPSA) is 65.5 Å². The second kappa shape index (κ2) is 5.44. The summed E-state index contributed by atoms with van der Waals surface area (Å²) in [5.41, 5.74) is 0.988. The SMILES string of the molecule is CNc1cc([C@@H]2CCCN2S(=O)(=O)N(C)C)ccn1. The Balaban J connectivity index is 2.33. The minimum absolute atomic E-state index is 0.0949. The number of hydrogen-bond donors (Lipinski definition) is 1. The largest absolute Gasteiger partial charge is 0.373 e. The first-order valence-electron chi connectivity index (χ1n) is 6.30. The van der Waals surface area contributed by atoms with E-state index in [-0.39, 0.29) is 6.04 Å².